The summed E-state index contributed by atoms with van der Waals surface area (Å²) in [7, 11) is 1.40. The summed E-state index contributed by atoms with van der Waals surface area (Å²) < 4.78 is 6.75. The van der Waals surface area contributed by atoms with E-state index in [2.05, 4.69) is 15.7 Å². The number of nitrogens with zero attached hydrogens (tertiary/aromatic N) is 2. The lowest BCUT2D eigenvalue weighted by molar-refractivity contribution is 0.0601. The van der Waals surface area contributed by atoms with Crippen molar-refractivity contribution in [2.75, 3.05) is 17.7 Å². The monoisotopic (exact) mass is 446 g/mol. The number of ether oxygens (including phenoxy) is 1. The minimum atomic E-state index is -0.324. The van der Waals surface area contributed by atoms with Gasteiger partial charge < -0.3 is 15.4 Å². The number of hydrogen-bond donors (Lipinski definition) is 2. The number of thiophene rings is 1. The average Bonchev–Trinajstić information content (AvgIpc) is 3.37. The van der Waals surface area contributed by atoms with Crippen LogP contribution in [0.5, 0.6) is 0 Å². The Morgan fingerprint density at radius 3 is 3.00 bits per heavy atom. The van der Waals surface area contributed by atoms with Gasteiger partial charge in [0, 0.05) is 16.8 Å². The number of hydrogen-bond acceptors (Lipinski definition) is 5. The lowest BCUT2D eigenvalue weighted by Crippen LogP contribution is -2.20. The van der Waals surface area contributed by atoms with Crippen LogP contribution in [-0.2, 0) is 24.1 Å². The minimum Gasteiger partial charge on any atom is -0.465 e. The summed E-state index contributed by atoms with van der Waals surface area (Å²) in [5.41, 5.74) is 3.61. The van der Waals surface area contributed by atoms with Crippen molar-refractivity contribution in [1.29, 1.82) is 0 Å². The largest absolute Gasteiger partial charge is 0.465 e. The van der Waals surface area contributed by atoms with E-state index in [9.17, 15) is 4.79 Å². The van der Waals surface area contributed by atoms with Crippen molar-refractivity contribution in [3.8, 4) is 0 Å². The number of nitrogens with one attached hydrogen (secondary N) is 2. The molecular weight excluding hydrogens is 428 g/mol. The topological polar surface area (TPSA) is 68.2 Å². The summed E-state index contributed by atoms with van der Waals surface area (Å²) in [6.45, 7) is 0.604. The first-order valence-electron chi connectivity index (χ1n) is 9.11. The van der Waals surface area contributed by atoms with Gasteiger partial charge in [-0.1, -0.05) is 23.7 Å². The first kappa shape index (κ1) is 19.9. The standard InChI is InChI=1S/C20H19ClN4O2S2/c1-27-19(26)17-15-6-3-7-16(15)29-18(17)24-20(28)23-14-5-2-4-12(8-14)10-25-11-13(21)9-22-25/h2,4-5,8-9,11H,3,6-7,10H2,1H3,(H2,23,24,28). The zero-order valence-corrected chi connectivity index (χ0v) is 18.1. The second-order valence-corrected chi connectivity index (χ2v) is 8.64. The molecule has 9 heteroatoms. The smallest absolute Gasteiger partial charge is 0.341 e. The molecule has 0 unspecified atom stereocenters. The van der Waals surface area contributed by atoms with Crippen LogP contribution in [0.25, 0.3) is 0 Å². The molecular formula is C20H19ClN4O2S2. The van der Waals surface area contributed by atoms with E-state index in [0.29, 0.717) is 22.2 Å². The van der Waals surface area contributed by atoms with Gasteiger partial charge in [0.25, 0.3) is 0 Å². The molecule has 4 rings (SSSR count). The van der Waals surface area contributed by atoms with Crippen molar-refractivity contribution in [2.45, 2.75) is 25.8 Å². The third kappa shape index (κ3) is 4.44. The van der Waals surface area contributed by atoms with E-state index in [1.165, 1.54) is 12.0 Å². The summed E-state index contributed by atoms with van der Waals surface area (Å²) >= 11 is 13.0. The van der Waals surface area contributed by atoms with Crippen LogP contribution in [0.2, 0.25) is 5.02 Å². The molecule has 150 valence electrons. The molecule has 0 saturated heterocycles. The summed E-state index contributed by atoms with van der Waals surface area (Å²) in [6, 6.07) is 7.89. The van der Waals surface area contributed by atoms with Crippen molar-refractivity contribution in [3.05, 3.63) is 63.2 Å². The molecule has 2 aromatic heterocycles. The van der Waals surface area contributed by atoms with E-state index in [1.54, 1.807) is 28.4 Å². The van der Waals surface area contributed by atoms with Crippen LogP contribution in [0.15, 0.2) is 36.7 Å². The van der Waals surface area contributed by atoms with Gasteiger partial charge in [-0.05, 0) is 54.7 Å². The van der Waals surface area contributed by atoms with Crippen LogP contribution < -0.4 is 10.6 Å². The van der Waals surface area contributed by atoms with Crippen LogP contribution >= 0.6 is 35.2 Å². The van der Waals surface area contributed by atoms with Crippen molar-refractivity contribution < 1.29 is 9.53 Å². The highest BCUT2D eigenvalue weighted by molar-refractivity contribution is 7.80. The first-order valence-corrected chi connectivity index (χ1v) is 10.7. The van der Waals surface area contributed by atoms with Crippen molar-refractivity contribution in [2.24, 2.45) is 0 Å². The molecule has 1 aromatic carbocycles. The molecule has 6 nitrogen and oxygen atoms in total. The molecule has 2 heterocycles. The highest BCUT2D eigenvalue weighted by Crippen LogP contribution is 2.39. The van der Waals surface area contributed by atoms with E-state index < -0.39 is 0 Å². The Morgan fingerprint density at radius 2 is 2.24 bits per heavy atom. The molecule has 0 amide bonds. The second kappa shape index (κ2) is 8.52. The number of carbonyl (C=O) groups is 1. The van der Waals surface area contributed by atoms with Gasteiger partial charge in [0.1, 0.15) is 5.00 Å². The van der Waals surface area contributed by atoms with Gasteiger partial charge in [0.05, 0.1) is 30.4 Å². The third-order valence-electron chi connectivity index (χ3n) is 4.67. The fraction of sp³-hybridized carbons (Fsp3) is 0.250. The molecule has 1 aliphatic rings. The van der Waals surface area contributed by atoms with Crippen LogP contribution in [0.1, 0.15) is 32.8 Å². The number of methoxy groups -OCH3 is 1. The van der Waals surface area contributed by atoms with E-state index in [1.807, 2.05) is 24.3 Å². The SMILES string of the molecule is COC(=O)c1c(NC(=S)Nc2cccc(Cn3cc(Cl)cn3)c2)sc2c1CCC2. The Bertz CT molecular complexity index is 1080. The van der Waals surface area contributed by atoms with Crippen molar-refractivity contribution in [3.63, 3.8) is 0 Å². The number of aryl methyl sites for hydroxylation is 1. The normalized spacial score (nSPS) is 12.5. The number of esters is 1. The molecule has 0 bridgehead atoms. The number of anilines is 2. The summed E-state index contributed by atoms with van der Waals surface area (Å²) in [4.78, 5) is 13.5. The Balaban J connectivity index is 1.47. The van der Waals surface area contributed by atoms with Crippen molar-refractivity contribution in [1.82, 2.24) is 9.78 Å². The summed E-state index contributed by atoms with van der Waals surface area (Å²) in [5.74, 6) is -0.324. The van der Waals surface area contributed by atoms with Gasteiger partial charge in [-0.15, -0.1) is 11.3 Å². The van der Waals surface area contributed by atoms with E-state index in [0.717, 1.165) is 41.1 Å². The number of halogens is 1. The summed E-state index contributed by atoms with van der Waals surface area (Å²) in [6.07, 6.45) is 6.35. The minimum absolute atomic E-state index is 0.324. The zero-order valence-electron chi connectivity index (χ0n) is 15.7. The van der Waals surface area contributed by atoms with E-state index in [4.69, 9.17) is 28.6 Å². The predicted octanol–water partition coefficient (Wildman–Crippen LogP) is 4.73. The lowest BCUT2D eigenvalue weighted by Gasteiger charge is -2.12. The molecule has 0 saturated carbocycles. The number of benzene rings is 1. The highest BCUT2D eigenvalue weighted by atomic mass is 35.5. The van der Waals surface area contributed by atoms with Crippen LogP contribution in [0.3, 0.4) is 0 Å². The molecule has 3 aromatic rings. The third-order valence-corrected chi connectivity index (χ3v) is 6.28. The second-order valence-electron chi connectivity index (χ2n) is 6.69. The van der Waals surface area contributed by atoms with E-state index in [-0.39, 0.29) is 5.97 Å². The van der Waals surface area contributed by atoms with Gasteiger partial charge in [-0.3, -0.25) is 4.68 Å². The fourth-order valence-electron chi connectivity index (χ4n) is 3.44. The zero-order chi connectivity index (χ0) is 20.4. The van der Waals surface area contributed by atoms with Gasteiger partial charge in [-0.2, -0.15) is 5.10 Å². The van der Waals surface area contributed by atoms with Gasteiger partial charge >= 0.3 is 5.97 Å². The molecule has 0 aliphatic heterocycles. The molecule has 0 fully saturated rings. The molecule has 1 aliphatic carbocycles. The maximum Gasteiger partial charge on any atom is 0.341 e. The number of aromatic nitrogens is 2. The van der Waals surface area contributed by atoms with Crippen LogP contribution in [0.4, 0.5) is 10.7 Å². The molecule has 0 radical (unpaired) electrons. The first-order chi connectivity index (χ1) is 14.0. The number of thiocarbonyl (C=S) groups is 1. The van der Waals surface area contributed by atoms with Crippen molar-refractivity contribution >= 4 is 56.9 Å². The van der Waals surface area contributed by atoms with Crippen LogP contribution in [-0.4, -0.2) is 28.0 Å². The highest BCUT2D eigenvalue weighted by Gasteiger charge is 2.27. The summed E-state index contributed by atoms with van der Waals surface area (Å²) in [5, 5.41) is 12.3. The average molecular weight is 447 g/mol. The Hall–Kier alpha value is -2.42. The Labute approximate surface area is 182 Å². The molecule has 0 atom stereocenters. The quantitative estimate of drug-likeness (QED) is 0.436. The molecule has 0 spiro atoms. The van der Waals surface area contributed by atoms with Gasteiger partial charge in [0.15, 0.2) is 5.11 Å². The number of carbonyl (C=O) groups excluding carboxylic acids is 1. The number of rotatable bonds is 5. The van der Waals surface area contributed by atoms with E-state index >= 15 is 0 Å². The maximum absolute atomic E-state index is 12.3. The van der Waals surface area contributed by atoms with Gasteiger partial charge in [0.2, 0.25) is 0 Å². The predicted molar refractivity (Wildman–Crippen MR) is 120 cm³/mol. The van der Waals surface area contributed by atoms with Crippen LogP contribution in [0, 0.1) is 0 Å². The Morgan fingerprint density at radius 1 is 1.38 bits per heavy atom. The maximum atomic E-state index is 12.3. The fourth-order valence-corrected chi connectivity index (χ4v) is 5.16. The van der Waals surface area contributed by atoms with Gasteiger partial charge in [-0.25, -0.2) is 4.79 Å². The Kier molecular flexibility index (Phi) is 5.84. The number of fused-ring (bicyclic) bond motifs is 1. The lowest BCUT2D eigenvalue weighted by atomic mass is 10.1. The molecule has 29 heavy (non-hydrogen) atoms. The molecule has 2 N–H and O–H groups in total.